The molecule has 4 rings (SSSR count). The van der Waals surface area contributed by atoms with Gasteiger partial charge in [-0.25, -0.2) is 16.8 Å². The second-order valence-electron chi connectivity index (χ2n) is 7.81. The second kappa shape index (κ2) is 9.77. The highest BCUT2D eigenvalue weighted by atomic mass is 32.2. The molecule has 0 saturated carbocycles. The van der Waals surface area contributed by atoms with E-state index in [0.717, 1.165) is 21.3 Å². The van der Waals surface area contributed by atoms with Gasteiger partial charge >= 0.3 is 0 Å². The van der Waals surface area contributed by atoms with E-state index in [1.807, 2.05) is 30.3 Å². The largest absolute Gasteiger partial charge is 0.325 e. The number of carbonyl (C=O) groups excluding carboxylic acids is 1. The van der Waals surface area contributed by atoms with Crippen LogP contribution in [0.4, 0.5) is 17.1 Å². The van der Waals surface area contributed by atoms with E-state index in [9.17, 15) is 21.6 Å². The van der Waals surface area contributed by atoms with Gasteiger partial charge < -0.3 is 5.32 Å². The molecule has 0 aliphatic heterocycles. The fraction of sp³-hybridized carbons (Fsp3) is 0.0800. The van der Waals surface area contributed by atoms with Gasteiger partial charge in [0.1, 0.15) is 6.54 Å². The van der Waals surface area contributed by atoms with Crippen LogP contribution >= 0.6 is 0 Å². The van der Waals surface area contributed by atoms with Crippen molar-refractivity contribution in [3.63, 3.8) is 0 Å². The first kappa shape index (κ1) is 24.2. The van der Waals surface area contributed by atoms with Crippen LogP contribution in [0.1, 0.15) is 0 Å². The van der Waals surface area contributed by atoms with Crippen LogP contribution in [0.25, 0.3) is 10.8 Å². The summed E-state index contributed by atoms with van der Waals surface area (Å²) in [5, 5.41) is 4.29. The summed E-state index contributed by atoms with van der Waals surface area (Å²) in [6, 6.07) is 26.7. The summed E-state index contributed by atoms with van der Waals surface area (Å²) in [5.41, 5.74) is 1.16. The summed E-state index contributed by atoms with van der Waals surface area (Å²) >= 11 is 0. The van der Waals surface area contributed by atoms with E-state index in [1.165, 1.54) is 24.3 Å². The third-order valence-corrected chi connectivity index (χ3v) is 7.74. The molecule has 0 bridgehead atoms. The Morgan fingerprint density at radius 2 is 1.40 bits per heavy atom. The first-order valence-electron chi connectivity index (χ1n) is 10.6. The molecule has 2 N–H and O–H groups in total. The number of para-hydroxylation sites is 1. The highest BCUT2D eigenvalue weighted by molar-refractivity contribution is 7.92. The van der Waals surface area contributed by atoms with Crippen molar-refractivity contribution in [2.45, 2.75) is 4.90 Å². The summed E-state index contributed by atoms with van der Waals surface area (Å²) in [4.78, 5) is 12.6. The number of fused-ring (bicyclic) bond motifs is 1. The number of amides is 1. The van der Waals surface area contributed by atoms with E-state index < -0.39 is 32.5 Å². The van der Waals surface area contributed by atoms with Crippen molar-refractivity contribution >= 4 is 53.8 Å². The highest BCUT2D eigenvalue weighted by Gasteiger charge is 2.21. The van der Waals surface area contributed by atoms with Crippen molar-refractivity contribution in [2.75, 3.05) is 27.1 Å². The lowest BCUT2D eigenvalue weighted by molar-refractivity contribution is -0.114. The van der Waals surface area contributed by atoms with Gasteiger partial charge in [-0.1, -0.05) is 54.6 Å². The Kier molecular flexibility index (Phi) is 6.77. The maximum absolute atomic E-state index is 12.9. The number of sulfonamides is 2. The van der Waals surface area contributed by atoms with E-state index in [2.05, 4.69) is 10.0 Å². The lowest BCUT2D eigenvalue weighted by Gasteiger charge is -2.21. The predicted molar refractivity (Wildman–Crippen MR) is 138 cm³/mol. The third-order valence-electron chi connectivity index (χ3n) is 5.21. The summed E-state index contributed by atoms with van der Waals surface area (Å²) in [6.07, 6.45) is 1.02. The molecular weight excluding hydrogens is 486 g/mol. The summed E-state index contributed by atoms with van der Waals surface area (Å²) < 4.78 is 53.8. The van der Waals surface area contributed by atoms with Gasteiger partial charge in [0.2, 0.25) is 15.9 Å². The van der Waals surface area contributed by atoms with E-state index in [4.69, 9.17) is 0 Å². The number of carbonyl (C=O) groups is 1. The average molecular weight is 510 g/mol. The molecule has 4 aromatic rings. The minimum Gasteiger partial charge on any atom is -0.325 e. The molecule has 4 aromatic carbocycles. The van der Waals surface area contributed by atoms with Crippen molar-refractivity contribution in [2.24, 2.45) is 0 Å². The lowest BCUT2D eigenvalue weighted by atomic mass is 10.1. The van der Waals surface area contributed by atoms with Crippen molar-refractivity contribution in [3.8, 4) is 0 Å². The molecule has 0 radical (unpaired) electrons. The molecule has 0 unspecified atom stereocenters. The van der Waals surface area contributed by atoms with Crippen molar-refractivity contribution in [1.29, 1.82) is 0 Å². The zero-order valence-electron chi connectivity index (χ0n) is 18.7. The van der Waals surface area contributed by atoms with E-state index in [-0.39, 0.29) is 4.90 Å². The number of benzene rings is 4. The highest BCUT2D eigenvalue weighted by Crippen LogP contribution is 2.26. The standard InChI is InChI=1S/C25H23N3O5S2/c1-34(30,31)28(21-10-3-2-4-11-21)18-25(29)26-20-14-16-22(17-15-20)35(32,33)27-24-13-7-9-19-8-5-6-12-23(19)24/h2-17,27H,18H2,1H3,(H,26,29). The topological polar surface area (TPSA) is 113 Å². The minimum atomic E-state index is -3.87. The van der Waals surface area contributed by atoms with Crippen LogP contribution in [0.3, 0.4) is 0 Å². The van der Waals surface area contributed by atoms with Crippen LogP contribution in [0, 0.1) is 0 Å². The van der Waals surface area contributed by atoms with Crippen LogP contribution in [0.2, 0.25) is 0 Å². The van der Waals surface area contributed by atoms with Crippen LogP contribution < -0.4 is 14.3 Å². The molecule has 10 heteroatoms. The zero-order chi connectivity index (χ0) is 25.1. The molecule has 1 amide bonds. The average Bonchev–Trinajstić information content (AvgIpc) is 2.83. The normalized spacial score (nSPS) is 11.7. The SMILES string of the molecule is CS(=O)(=O)N(CC(=O)Nc1ccc(S(=O)(=O)Nc2cccc3ccccc23)cc1)c1ccccc1. The molecule has 0 aliphatic rings. The predicted octanol–water partition coefficient (Wildman–Crippen LogP) is 4.05. The summed E-state index contributed by atoms with van der Waals surface area (Å²) in [7, 11) is -7.57. The van der Waals surface area contributed by atoms with Crippen LogP contribution in [0.15, 0.2) is 102 Å². The molecule has 0 aromatic heterocycles. The van der Waals surface area contributed by atoms with E-state index in [0.29, 0.717) is 17.1 Å². The maximum Gasteiger partial charge on any atom is 0.261 e. The van der Waals surface area contributed by atoms with Crippen LogP contribution in [0.5, 0.6) is 0 Å². The summed E-state index contributed by atoms with van der Waals surface area (Å²) in [6.45, 7) is -0.425. The molecule has 0 atom stereocenters. The fourth-order valence-corrected chi connectivity index (χ4v) is 5.50. The number of nitrogens with one attached hydrogen (secondary N) is 2. The molecule has 0 heterocycles. The van der Waals surface area contributed by atoms with Crippen LogP contribution in [-0.4, -0.2) is 35.5 Å². The Morgan fingerprint density at radius 3 is 2.09 bits per heavy atom. The second-order valence-corrected chi connectivity index (χ2v) is 11.4. The molecule has 0 aliphatic carbocycles. The molecule has 0 spiro atoms. The minimum absolute atomic E-state index is 0.0190. The molecular formula is C25H23N3O5S2. The van der Waals surface area contributed by atoms with Crippen molar-refractivity contribution in [3.05, 3.63) is 97.1 Å². The van der Waals surface area contributed by atoms with Gasteiger partial charge in [-0.2, -0.15) is 0 Å². The lowest BCUT2D eigenvalue weighted by Crippen LogP contribution is -2.37. The van der Waals surface area contributed by atoms with Gasteiger partial charge in [-0.05, 0) is 47.9 Å². The first-order chi connectivity index (χ1) is 16.6. The number of hydrogen-bond donors (Lipinski definition) is 2. The van der Waals surface area contributed by atoms with Gasteiger partial charge in [0.05, 0.1) is 22.5 Å². The van der Waals surface area contributed by atoms with Gasteiger partial charge in [0.25, 0.3) is 10.0 Å². The third kappa shape index (κ3) is 5.79. The Bertz CT molecular complexity index is 1570. The Morgan fingerprint density at radius 1 is 0.771 bits per heavy atom. The smallest absolute Gasteiger partial charge is 0.261 e. The molecule has 0 fully saturated rings. The Balaban J connectivity index is 1.48. The zero-order valence-corrected chi connectivity index (χ0v) is 20.4. The molecule has 0 saturated heterocycles. The maximum atomic E-state index is 12.9. The van der Waals surface area contributed by atoms with Gasteiger partial charge in [-0.15, -0.1) is 0 Å². The molecule has 180 valence electrons. The quantitative estimate of drug-likeness (QED) is 0.372. The summed E-state index contributed by atoms with van der Waals surface area (Å²) in [5.74, 6) is -0.566. The van der Waals surface area contributed by atoms with Gasteiger partial charge in [-0.3, -0.25) is 13.8 Å². The number of nitrogens with zero attached hydrogens (tertiary/aromatic N) is 1. The Labute approximate surface area is 204 Å². The number of rotatable bonds is 8. The van der Waals surface area contributed by atoms with Crippen molar-refractivity contribution in [1.82, 2.24) is 0 Å². The fourth-order valence-electron chi connectivity index (χ4n) is 3.56. The van der Waals surface area contributed by atoms with Gasteiger partial charge in [0.15, 0.2) is 0 Å². The van der Waals surface area contributed by atoms with Crippen molar-refractivity contribution < 1.29 is 21.6 Å². The molecule has 8 nitrogen and oxygen atoms in total. The Hall–Kier alpha value is -3.89. The van der Waals surface area contributed by atoms with E-state index >= 15 is 0 Å². The number of hydrogen-bond acceptors (Lipinski definition) is 5. The monoisotopic (exact) mass is 509 g/mol. The molecule has 35 heavy (non-hydrogen) atoms. The number of anilines is 3. The first-order valence-corrected chi connectivity index (χ1v) is 13.9. The van der Waals surface area contributed by atoms with E-state index in [1.54, 1.807) is 42.5 Å². The van der Waals surface area contributed by atoms with Gasteiger partial charge in [0, 0.05) is 11.1 Å². The van der Waals surface area contributed by atoms with Crippen LogP contribution in [-0.2, 0) is 24.8 Å².